The molecule has 4 fully saturated rings. The van der Waals surface area contributed by atoms with Crippen LogP contribution in [0.3, 0.4) is 0 Å². The Hall–Kier alpha value is -0.770. The molecular formula is C9H13NO3. The molecule has 4 saturated heterocycles. The summed E-state index contributed by atoms with van der Waals surface area (Å²) in [5.41, 5.74) is -0.284. The summed E-state index contributed by atoms with van der Waals surface area (Å²) in [5, 5.41) is 0. The van der Waals surface area contributed by atoms with Gasteiger partial charge in [-0.05, 0) is 25.9 Å². The van der Waals surface area contributed by atoms with Crippen molar-refractivity contribution in [3.8, 4) is 0 Å². The monoisotopic (exact) mass is 183 g/mol. The molecule has 72 valence electrons. The Balaban J connectivity index is 1.87. The van der Waals surface area contributed by atoms with Gasteiger partial charge in [0.1, 0.15) is 6.61 Å². The van der Waals surface area contributed by atoms with Crippen molar-refractivity contribution in [1.29, 1.82) is 0 Å². The summed E-state index contributed by atoms with van der Waals surface area (Å²) in [7, 11) is 0. The van der Waals surface area contributed by atoms with Gasteiger partial charge in [0.25, 0.3) is 0 Å². The number of carbonyl (C=O) groups excluding carboxylic acids is 1. The Morgan fingerprint density at radius 1 is 1.38 bits per heavy atom. The molecule has 4 heteroatoms. The molecule has 0 unspecified atom stereocenters. The second-order valence-electron chi connectivity index (χ2n) is 4.26. The molecule has 0 aromatic rings. The number of rotatable bonds is 0. The molecule has 0 aromatic heterocycles. The highest BCUT2D eigenvalue weighted by Crippen LogP contribution is 2.41. The number of nitrogens with zero attached hydrogens (tertiary/aromatic N) is 1. The molecule has 0 radical (unpaired) electrons. The third-order valence-electron chi connectivity index (χ3n) is 3.54. The van der Waals surface area contributed by atoms with Crippen molar-refractivity contribution in [2.75, 3.05) is 26.2 Å². The van der Waals surface area contributed by atoms with Crippen LogP contribution in [0.25, 0.3) is 0 Å². The fraction of sp³-hybridized carbons (Fsp3) is 0.889. The lowest BCUT2D eigenvalue weighted by Gasteiger charge is -2.48. The van der Waals surface area contributed by atoms with Crippen molar-refractivity contribution in [2.24, 2.45) is 5.92 Å². The molecule has 0 aromatic carbocycles. The van der Waals surface area contributed by atoms with Crippen LogP contribution in [0.15, 0.2) is 0 Å². The summed E-state index contributed by atoms with van der Waals surface area (Å²) >= 11 is 0. The van der Waals surface area contributed by atoms with Crippen LogP contribution in [0.5, 0.6) is 0 Å². The normalized spacial score (nSPS) is 47.8. The highest BCUT2D eigenvalue weighted by Gasteiger charge is 2.54. The Morgan fingerprint density at radius 3 is 2.62 bits per heavy atom. The van der Waals surface area contributed by atoms with Crippen molar-refractivity contribution >= 4 is 6.16 Å². The number of cyclic esters (lactones) is 1. The Morgan fingerprint density at radius 2 is 2.15 bits per heavy atom. The lowest BCUT2D eigenvalue weighted by atomic mass is 9.76. The Labute approximate surface area is 76.8 Å². The van der Waals surface area contributed by atoms with E-state index in [0.717, 1.165) is 32.5 Å². The van der Waals surface area contributed by atoms with Crippen LogP contribution in [0.2, 0.25) is 0 Å². The molecule has 4 rings (SSSR count). The van der Waals surface area contributed by atoms with Crippen LogP contribution in [0, 0.1) is 5.92 Å². The third kappa shape index (κ3) is 0.981. The van der Waals surface area contributed by atoms with E-state index < -0.39 is 6.16 Å². The number of ether oxygens (including phenoxy) is 2. The van der Waals surface area contributed by atoms with E-state index in [1.807, 2.05) is 0 Å². The minimum absolute atomic E-state index is 0.284. The molecule has 13 heavy (non-hydrogen) atoms. The van der Waals surface area contributed by atoms with E-state index in [-0.39, 0.29) is 5.60 Å². The summed E-state index contributed by atoms with van der Waals surface area (Å²) in [6, 6.07) is 0. The van der Waals surface area contributed by atoms with Crippen LogP contribution >= 0.6 is 0 Å². The fourth-order valence-electron chi connectivity index (χ4n) is 2.81. The number of hydrogen-bond donors (Lipinski definition) is 0. The fourth-order valence-corrected chi connectivity index (χ4v) is 2.81. The molecule has 1 atom stereocenters. The van der Waals surface area contributed by atoms with E-state index in [0.29, 0.717) is 12.5 Å². The van der Waals surface area contributed by atoms with Gasteiger partial charge in [0.2, 0.25) is 0 Å². The number of piperidine rings is 3. The van der Waals surface area contributed by atoms with E-state index in [9.17, 15) is 4.79 Å². The first-order valence-corrected chi connectivity index (χ1v) is 4.87. The quantitative estimate of drug-likeness (QED) is 0.516. The molecule has 2 bridgehead atoms. The zero-order valence-electron chi connectivity index (χ0n) is 7.49. The van der Waals surface area contributed by atoms with E-state index in [4.69, 9.17) is 9.47 Å². The predicted octanol–water partition coefficient (Wildman–Crippen LogP) is 0.618. The van der Waals surface area contributed by atoms with Crippen LogP contribution in [-0.2, 0) is 9.47 Å². The first-order chi connectivity index (χ1) is 6.28. The van der Waals surface area contributed by atoms with Crippen molar-refractivity contribution in [2.45, 2.75) is 18.4 Å². The van der Waals surface area contributed by atoms with Crippen molar-refractivity contribution < 1.29 is 14.3 Å². The van der Waals surface area contributed by atoms with Crippen LogP contribution < -0.4 is 0 Å². The van der Waals surface area contributed by atoms with Gasteiger partial charge in [-0.15, -0.1) is 0 Å². The van der Waals surface area contributed by atoms with Crippen molar-refractivity contribution in [1.82, 2.24) is 4.90 Å². The van der Waals surface area contributed by atoms with Gasteiger partial charge in [-0.1, -0.05) is 0 Å². The highest BCUT2D eigenvalue weighted by atomic mass is 16.8. The van der Waals surface area contributed by atoms with Gasteiger partial charge >= 0.3 is 6.16 Å². The average molecular weight is 183 g/mol. The zero-order chi connectivity index (χ0) is 8.89. The van der Waals surface area contributed by atoms with Crippen molar-refractivity contribution in [3.05, 3.63) is 0 Å². The maximum absolute atomic E-state index is 10.9. The molecule has 0 aliphatic carbocycles. The van der Waals surface area contributed by atoms with Crippen LogP contribution in [0.4, 0.5) is 4.79 Å². The molecule has 4 heterocycles. The summed E-state index contributed by atoms with van der Waals surface area (Å²) in [6.45, 7) is 3.66. The Bertz CT molecular complexity index is 247. The molecule has 4 aliphatic heterocycles. The largest absolute Gasteiger partial charge is 0.509 e. The standard InChI is InChI=1S/C9H13NO3/c11-8-12-6-9(13-8)5-10-3-1-7(9)2-4-10/h7H,1-6H2/t9-/m0/s1. The van der Waals surface area contributed by atoms with E-state index in [1.165, 1.54) is 0 Å². The molecule has 0 N–H and O–H groups in total. The second kappa shape index (κ2) is 2.38. The van der Waals surface area contributed by atoms with E-state index >= 15 is 0 Å². The van der Waals surface area contributed by atoms with E-state index in [2.05, 4.69) is 4.90 Å². The van der Waals surface area contributed by atoms with Crippen LogP contribution in [-0.4, -0.2) is 42.9 Å². The van der Waals surface area contributed by atoms with Gasteiger partial charge in [0, 0.05) is 12.5 Å². The second-order valence-corrected chi connectivity index (χ2v) is 4.26. The summed E-state index contributed by atoms with van der Waals surface area (Å²) in [6.07, 6.45) is 1.82. The molecular weight excluding hydrogens is 170 g/mol. The highest BCUT2D eigenvalue weighted by molar-refractivity contribution is 5.63. The SMILES string of the molecule is O=C1OC[C@]2(CN3CCC2CC3)O1. The van der Waals surface area contributed by atoms with Crippen LogP contribution in [0.1, 0.15) is 12.8 Å². The number of hydrogen-bond acceptors (Lipinski definition) is 4. The Kier molecular flexibility index (Phi) is 1.39. The lowest BCUT2D eigenvalue weighted by Crippen LogP contribution is -2.60. The number of fused-ring (bicyclic) bond motifs is 2. The zero-order valence-corrected chi connectivity index (χ0v) is 7.49. The van der Waals surface area contributed by atoms with Gasteiger partial charge < -0.3 is 9.47 Å². The molecule has 4 nitrogen and oxygen atoms in total. The van der Waals surface area contributed by atoms with E-state index in [1.54, 1.807) is 0 Å². The van der Waals surface area contributed by atoms with Gasteiger partial charge in [-0.2, -0.15) is 0 Å². The average Bonchev–Trinajstić information content (AvgIpc) is 2.49. The van der Waals surface area contributed by atoms with Crippen molar-refractivity contribution in [3.63, 3.8) is 0 Å². The molecule has 1 spiro atoms. The minimum atomic E-state index is -0.478. The van der Waals surface area contributed by atoms with Gasteiger partial charge in [-0.25, -0.2) is 4.79 Å². The summed E-state index contributed by atoms with van der Waals surface area (Å²) < 4.78 is 10.2. The smallest absolute Gasteiger partial charge is 0.430 e. The first-order valence-electron chi connectivity index (χ1n) is 4.87. The predicted molar refractivity (Wildman–Crippen MR) is 44.3 cm³/mol. The van der Waals surface area contributed by atoms with Gasteiger partial charge in [0.05, 0.1) is 0 Å². The molecule has 0 saturated carbocycles. The topological polar surface area (TPSA) is 38.8 Å². The summed E-state index contributed by atoms with van der Waals surface area (Å²) in [5.74, 6) is 0.531. The first kappa shape index (κ1) is 7.62. The summed E-state index contributed by atoms with van der Waals surface area (Å²) in [4.78, 5) is 13.3. The number of carbonyl (C=O) groups is 1. The lowest BCUT2D eigenvalue weighted by molar-refractivity contribution is -0.0904. The van der Waals surface area contributed by atoms with Gasteiger partial charge in [0.15, 0.2) is 5.60 Å². The van der Waals surface area contributed by atoms with Gasteiger partial charge in [-0.3, -0.25) is 4.90 Å². The minimum Gasteiger partial charge on any atom is -0.430 e. The molecule has 0 amide bonds. The maximum atomic E-state index is 10.9. The third-order valence-corrected chi connectivity index (χ3v) is 3.54. The molecule has 4 aliphatic rings. The maximum Gasteiger partial charge on any atom is 0.509 e.